The molecule has 0 spiro atoms. The first-order chi connectivity index (χ1) is 17.9. The van der Waals surface area contributed by atoms with Crippen molar-refractivity contribution in [3.63, 3.8) is 0 Å². The molecule has 0 fully saturated rings. The molecule has 37 heavy (non-hydrogen) atoms. The van der Waals surface area contributed by atoms with Crippen molar-refractivity contribution in [2.45, 2.75) is 85.8 Å². The molecule has 9 heteroatoms. The molecule has 0 amide bonds. The Morgan fingerprint density at radius 2 is 0.784 bits per heavy atom. The molecule has 0 saturated heterocycles. The fourth-order valence-electron chi connectivity index (χ4n) is 3.54. The van der Waals surface area contributed by atoms with Gasteiger partial charge in [0, 0.05) is 13.2 Å². The third-order valence-corrected chi connectivity index (χ3v) is 8.01. The Bertz CT molecular complexity index is 881. The normalized spacial score (nSPS) is 12.8. The fourth-order valence-corrected chi connectivity index (χ4v) is 6.47. The largest absolute Gasteiger partial charge is 0.489 e. The highest BCUT2D eigenvalue weighted by molar-refractivity contribution is 8.00. The van der Waals surface area contributed by atoms with Crippen LogP contribution in [-0.2, 0) is 9.47 Å². The van der Waals surface area contributed by atoms with Crippen molar-refractivity contribution in [2.75, 3.05) is 39.6 Å². The minimum Gasteiger partial charge on any atom is -0.489 e. The third-order valence-electron chi connectivity index (χ3n) is 4.84. The van der Waals surface area contributed by atoms with Crippen molar-refractivity contribution in [1.82, 2.24) is 0 Å². The molecular formula is C28H42O6S3. The topological polar surface area (TPSA) is 55.4 Å². The fraction of sp³-hybridized carbons (Fsp3) is 0.571. The van der Waals surface area contributed by atoms with Crippen molar-refractivity contribution in [2.24, 2.45) is 0 Å². The Morgan fingerprint density at radius 3 is 1.08 bits per heavy atom. The first kappa shape index (κ1) is 31.8. The maximum absolute atomic E-state index is 6.16. The van der Waals surface area contributed by atoms with Crippen LogP contribution in [0.25, 0.3) is 0 Å². The summed E-state index contributed by atoms with van der Waals surface area (Å²) < 4.78 is 36.1. The van der Waals surface area contributed by atoms with Gasteiger partial charge in [0.25, 0.3) is 0 Å². The first-order valence-corrected chi connectivity index (χ1v) is 15.6. The zero-order valence-electron chi connectivity index (χ0n) is 23.4. The smallest absolute Gasteiger partial charge is 0.176 e. The van der Waals surface area contributed by atoms with E-state index in [2.05, 4.69) is 24.3 Å². The van der Waals surface area contributed by atoms with Crippen LogP contribution in [0, 0.1) is 0 Å². The van der Waals surface area contributed by atoms with Crippen LogP contribution in [0.3, 0.4) is 0 Å². The molecule has 2 aromatic rings. The van der Waals surface area contributed by atoms with Gasteiger partial charge >= 0.3 is 0 Å². The van der Waals surface area contributed by atoms with Crippen molar-refractivity contribution < 1.29 is 28.4 Å². The molecule has 2 aromatic carbocycles. The van der Waals surface area contributed by atoms with Gasteiger partial charge in [0.1, 0.15) is 10.9 Å². The number of hydrogen-bond acceptors (Lipinski definition) is 9. The molecule has 6 nitrogen and oxygen atoms in total. The Balaban J connectivity index is 2.56. The van der Waals surface area contributed by atoms with Crippen LogP contribution in [0.4, 0.5) is 0 Å². The lowest BCUT2D eigenvalue weighted by molar-refractivity contribution is 0.137. The number of benzene rings is 2. The van der Waals surface area contributed by atoms with Gasteiger partial charge in [0.2, 0.25) is 0 Å². The van der Waals surface area contributed by atoms with Gasteiger partial charge in [0.15, 0.2) is 23.0 Å². The summed E-state index contributed by atoms with van der Waals surface area (Å²) in [6.07, 6.45) is 0. The number of thioether (sulfide) groups is 2. The molecule has 0 aliphatic heterocycles. The van der Waals surface area contributed by atoms with Crippen LogP contribution in [0.1, 0.15) is 55.4 Å². The van der Waals surface area contributed by atoms with E-state index in [0.29, 0.717) is 39.6 Å². The van der Waals surface area contributed by atoms with Gasteiger partial charge in [-0.05, 0) is 79.7 Å². The molecule has 0 aliphatic rings. The molecule has 0 N–H and O–H groups in total. The zero-order chi connectivity index (χ0) is 27.2. The lowest BCUT2D eigenvalue weighted by Gasteiger charge is -2.22. The lowest BCUT2D eigenvalue weighted by atomic mass is 10.3. The molecule has 208 valence electrons. The van der Waals surface area contributed by atoms with Crippen LogP contribution < -0.4 is 18.9 Å². The van der Waals surface area contributed by atoms with Gasteiger partial charge in [-0.3, -0.25) is 0 Å². The predicted octanol–water partition coefficient (Wildman–Crippen LogP) is 8.38. The predicted molar refractivity (Wildman–Crippen MR) is 156 cm³/mol. The van der Waals surface area contributed by atoms with Crippen LogP contribution in [-0.4, -0.2) is 50.5 Å². The van der Waals surface area contributed by atoms with Crippen LogP contribution in [0.5, 0.6) is 23.0 Å². The SMILES string of the molecule is CCOc1c(Sc2ccc(SC(C)OCC)c(OCC)c2OCC)ccc(SC(C)OCC)c1OCC. The van der Waals surface area contributed by atoms with E-state index in [1.54, 1.807) is 35.3 Å². The molecule has 0 radical (unpaired) electrons. The highest BCUT2D eigenvalue weighted by Gasteiger charge is 2.23. The molecule has 2 rings (SSSR count). The number of ether oxygens (including phenoxy) is 6. The lowest BCUT2D eigenvalue weighted by Crippen LogP contribution is -2.06. The Kier molecular flexibility index (Phi) is 14.8. The summed E-state index contributed by atoms with van der Waals surface area (Å²) in [6.45, 7) is 19.5. The van der Waals surface area contributed by atoms with Gasteiger partial charge in [-0.15, -0.1) is 0 Å². The van der Waals surface area contributed by atoms with Crippen molar-refractivity contribution in [3.05, 3.63) is 24.3 Å². The summed E-state index contributed by atoms with van der Waals surface area (Å²) in [5.74, 6) is 2.94. The van der Waals surface area contributed by atoms with Crippen LogP contribution >= 0.6 is 35.3 Å². The number of rotatable bonds is 18. The highest BCUT2D eigenvalue weighted by atomic mass is 32.2. The van der Waals surface area contributed by atoms with Crippen molar-refractivity contribution >= 4 is 35.3 Å². The highest BCUT2D eigenvalue weighted by Crippen LogP contribution is 2.51. The maximum atomic E-state index is 6.16. The van der Waals surface area contributed by atoms with Gasteiger partial charge in [0.05, 0.1) is 46.0 Å². The number of hydrogen-bond donors (Lipinski definition) is 0. The van der Waals surface area contributed by atoms with Gasteiger partial charge in [-0.2, -0.15) is 0 Å². The summed E-state index contributed by atoms with van der Waals surface area (Å²) in [6, 6.07) is 8.31. The van der Waals surface area contributed by atoms with Gasteiger partial charge in [-0.1, -0.05) is 35.3 Å². The molecule has 2 unspecified atom stereocenters. The molecule has 0 aliphatic carbocycles. The molecule has 0 saturated carbocycles. The minimum atomic E-state index is -0.000354. The summed E-state index contributed by atoms with van der Waals surface area (Å²) >= 11 is 4.84. The monoisotopic (exact) mass is 570 g/mol. The van der Waals surface area contributed by atoms with E-state index in [4.69, 9.17) is 28.4 Å². The summed E-state index contributed by atoms with van der Waals surface area (Å²) in [5, 5.41) is 0. The van der Waals surface area contributed by atoms with Crippen molar-refractivity contribution in [3.8, 4) is 23.0 Å². The minimum absolute atomic E-state index is 0.000354. The summed E-state index contributed by atoms with van der Waals surface area (Å²) in [7, 11) is 0. The molecule has 2 atom stereocenters. The van der Waals surface area contributed by atoms with E-state index < -0.39 is 0 Å². The second-order valence-electron chi connectivity index (χ2n) is 7.56. The van der Waals surface area contributed by atoms with E-state index in [9.17, 15) is 0 Å². The summed E-state index contributed by atoms with van der Waals surface area (Å²) in [4.78, 5) is 3.88. The standard InChI is InChI=1S/C28H42O6S3/c1-9-29-19(7)35-21-15-17-23(27(33-13-5)25(21)31-11-3)37-24-18-16-22(36-20(8)30-10-2)26(32-12-4)28(24)34-14-6/h15-20H,9-14H2,1-8H3. The maximum Gasteiger partial charge on any atom is 0.176 e. The zero-order valence-corrected chi connectivity index (χ0v) is 25.8. The summed E-state index contributed by atoms with van der Waals surface area (Å²) in [5.41, 5.74) is -0.000709. The van der Waals surface area contributed by atoms with Crippen molar-refractivity contribution in [1.29, 1.82) is 0 Å². The van der Waals surface area contributed by atoms with E-state index in [1.807, 2.05) is 55.4 Å². The second-order valence-corrected chi connectivity index (χ2v) is 11.3. The van der Waals surface area contributed by atoms with Crippen LogP contribution in [0.2, 0.25) is 0 Å². The van der Waals surface area contributed by atoms with E-state index in [1.165, 1.54) is 0 Å². The molecule has 0 aromatic heterocycles. The second kappa shape index (κ2) is 17.2. The van der Waals surface area contributed by atoms with E-state index in [0.717, 1.165) is 42.6 Å². The Hall–Kier alpha value is -1.39. The quantitative estimate of drug-likeness (QED) is 0.130. The average Bonchev–Trinajstić information content (AvgIpc) is 2.86. The molecule has 0 heterocycles. The van der Waals surface area contributed by atoms with Gasteiger partial charge < -0.3 is 28.4 Å². The molecular weight excluding hydrogens is 529 g/mol. The van der Waals surface area contributed by atoms with Gasteiger partial charge in [-0.25, -0.2) is 0 Å². The third kappa shape index (κ3) is 9.39. The average molecular weight is 571 g/mol. The van der Waals surface area contributed by atoms with E-state index in [-0.39, 0.29) is 10.9 Å². The van der Waals surface area contributed by atoms with E-state index >= 15 is 0 Å². The Labute approximate surface area is 235 Å². The van der Waals surface area contributed by atoms with Crippen LogP contribution in [0.15, 0.2) is 43.8 Å². The molecule has 0 bridgehead atoms. The Morgan fingerprint density at radius 1 is 0.486 bits per heavy atom. The first-order valence-electron chi connectivity index (χ1n) is 13.0.